The van der Waals surface area contributed by atoms with Crippen LogP contribution in [0.2, 0.25) is 0 Å². The lowest BCUT2D eigenvalue weighted by atomic mass is 10.1. The van der Waals surface area contributed by atoms with Crippen LogP contribution in [0.3, 0.4) is 0 Å². The van der Waals surface area contributed by atoms with Gasteiger partial charge in [0.15, 0.2) is 0 Å². The lowest BCUT2D eigenvalue weighted by molar-refractivity contribution is -0.138. The maximum absolute atomic E-state index is 13.2. The second-order valence-corrected chi connectivity index (χ2v) is 7.59. The van der Waals surface area contributed by atoms with E-state index in [2.05, 4.69) is 4.98 Å². The summed E-state index contributed by atoms with van der Waals surface area (Å²) in [5.41, 5.74) is -0.615. The fourth-order valence-electron chi connectivity index (χ4n) is 3.15. The molecule has 1 aliphatic heterocycles. The summed E-state index contributed by atoms with van der Waals surface area (Å²) in [4.78, 5) is 33.3. The van der Waals surface area contributed by atoms with Gasteiger partial charge in [0.1, 0.15) is 4.88 Å². The third-order valence-corrected chi connectivity index (χ3v) is 5.94. The van der Waals surface area contributed by atoms with E-state index in [1.807, 2.05) is 6.92 Å². The number of carbonyl (C=O) groups excluding carboxylic acids is 2. The molecule has 0 saturated carbocycles. The molecule has 0 spiro atoms. The van der Waals surface area contributed by atoms with Gasteiger partial charge in [0.05, 0.1) is 21.8 Å². The highest BCUT2D eigenvalue weighted by Gasteiger charge is 2.36. The number of rotatable bonds is 3. The van der Waals surface area contributed by atoms with E-state index in [0.717, 1.165) is 17.5 Å². The summed E-state index contributed by atoms with van der Waals surface area (Å²) in [6, 6.07) is 4.78. The molecule has 2 heterocycles. The second-order valence-electron chi connectivity index (χ2n) is 6.50. The summed E-state index contributed by atoms with van der Waals surface area (Å²) < 4.78 is 39.5. The molecule has 150 valence electrons. The molecular formula is C19H20F3N3O2S. The Kier molecular flexibility index (Phi) is 5.74. The van der Waals surface area contributed by atoms with Crippen molar-refractivity contribution < 1.29 is 22.8 Å². The molecule has 3 rings (SSSR count). The van der Waals surface area contributed by atoms with Gasteiger partial charge in [-0.3, -0.25) is 9.59 Å². The zero-order valence-corrected chi connectivity index (χ0v) is 16.4. The molecule has 1 fully saturated rings. The van der Waals surface area contributed by atoms with E-state index in [0.29, 0.717) is 10.6 Å². The van der Waals surface area contributed by atoms with E-state index in [-0.39, 0.29) is 37.6 Å². The van der Waals surface area contributed by atoms with Gasteiger partial charge in [-0.1, -0.05) is 19.1 Å². The van der Waals surface area contributed by atoms with E-state index in [4.69, 9.17) is 0 Å². The summed E-state index contributed by atoms with van der Waals surface area (Å²) in [7, 11) is 0. The zero-order valence-electron chi connectivity index (χ0n) is 15.5. The fourth-order valence-corrected chi connectivity index (χ4v) is 4.12. The van der Waals surface area contributed by atoms with Crippen molar-refractivity contribution in [1.29, 1.82) is 0 Å². The Morgan fingerprint density at radius 1 is 1.07 bits per heavy atom. The Labute approximate surface area is 164 Å². The average Bonchev–Trinajstić information content (AvgIpc) is 3.07. The number of nitrogens with zero attached hydrogens (tertiary/aromatic N) is 3. The topological polar surface area (TPSA) is 53.5 Å². The molecule has 0 N–H and O–H groups in total. The predicted octanol–water partition coefficient (Wildman–Crippen LogP) is 3.63. The summed E-state index contributed by atoms with van der Waals surface area (Å²) in [6.45, 7) is 4.69. The molecule has 1 saturated heterocycles. The van der Waals surface area contributed by atoms with Crippen molar-refractivity contribution in [2.24, 2.45) is 0 Å². The van der Waals surface area contributed by atoms with Crippen molar-refractivity contribution >= 4 is 23.2 Å². The van der Waals surface area contributed by atoms with Crippen LogP contribution in [0.5, 0.6) is 0 Å². The molecule has 0 bridgehead atoms. The standard InChI is InChI=1S/C19H20F3N3O2S/c1-3-15-23-12(2)16(28-15)18(27)25-10-8-24(9-11-25)17(26)13-6-4-5-7-14(13)19(20,21)22/h4-7H,3,8-11H2,1-2H3. The molecule has 2 amide bonds. The molecule has 0 atom stereocenters. The van der Waals surface area contributed by atoms with Crippen LogP contribution >= 0.6 is 11.3 Å². The largest absolute Gasteiger partial charge is 0.417 e. The molecule has 1 aromatic carbocycles. The minimum absolute atomic E-state index is 0.141. The Bertz CT molecular complexity index is 887. The van der Waals surface area contributed by atoms with E-state index >= 15 is 0 Å². The number of halogens is 3. The minimum atomic E-state index is -4.59. The highest BCUT2D eigenvalue weighted by Crippen LogP contribution is 2.32. The van der Waals surface area contributed by atoms with Crippen LogP contribution in [-0.2, 0) is 12.6 Å². The van der Waals surface area contributed by atoms with Crippen molar-refractivity contribution in [3.05, 3.63) is 51.0 Å². The smallest absolute Gasteiger partial charge is 0.335 e. The van der Waals surface area contributed by atoms with Crippen LogP contribution < -0.4 is 0 Å². The lowest BCUT2D eigenvalue weighted by Crippen LogP contribution is -2.50. The van der Waals surface area contributed by atoms with Gasteiger partial charge >= 0.3 is 6.18 Å². The number of amides is 2. The molecule has 1 aromatic heterocycles. The monoisotopic (exact) mass is 411 g/mol. The van der Waals surface area contributed by atoms with Crippen LogP contribution in [0.25, 0.3) is 0 Å². The first kappa shape index (κ1) is 20.3. The van der Waals surface area contributed by atoms with E-state index in [1.165, 1.54) is 34.4 Å². The van der Waals surface area contributed by atoms with Crippen molar-refractivity contribution in [1.82, 2.24) is 14.8 Å². The third-order valence-electron chi connectivity index (χ3n) is 4.65. The Balaban J connectivity index is 1.70. The van der Waals surface area contributed by atoms with E-state index in [9.17, 15) is 22.8 Å². The van der Waals surface area contributed by atoms with Crippen molar-refractivity contribution in [2.45, 2.75) is 26.4 Å². The summed E-state index contributed by atoms with van der Waals surface area (Å²) in [5, 5.41) is 0.887. The van der Waals surface area contributed by atoms with Gasteiger partial charge in [0.25, 0.3) is 11.8 Å². The SMILES string of the molecule is CCc1nc(C)c(C(=O)N2CCN(C(=O)c3ccccc3C(F)(F)F)CC2)s1. The third kappa shape index (κ3) is 4.04. The molecule has 0 unspecified atom stereocenters. The molecule has 9 heteroatoms. The minimum Gasteiger partial charge on any atom is -0.335 e. The highest BCUT2D eigenvalue weighted by atomic mass is 32.1. The number of carbonyl (C=O) groups is 2. The number of hydrogen-bond acceptors (Lipinski definition) is 4. The summed E-state index contributed by atoms with van der Waals surface area (Å²) >= 11 is 1.36. The number of benzene rings is 1. The first-order chi connectivity index (χ1) is 13.2. The first-order valence-corrected chi connectivity index (χ1v) is 9.75. The number of aromatic nitrogens is 1. The molecule has 1 aliphatic rings. The summed E-state index contributed by atoms with van der Waals surface area (Å²) in [6.07, 6.45) is -3.84. The molecule has 28 heavy (non-hydrogen) atoms. The van der Waals surface area contributed by atoms with Gasteiger partial charge in [0, 0.05) is 26.2 Å². The van der Waals surface area contributed by atoms with E-state index < -0.39 is 17.6 Å². The zero-order chi connectivity index (χ0) is 20.5. The van der Waals surface area contributed by atoms with Gasteiger partial charge in [-0.2, -0.15) is 13.2 Å². The van der Waals surface area contributed by atoms with Crippen molar-refractivity contribution in [3.63, 3.8) is 0 Å². The number of alkyl halides is 3. The normalized spacial score (nSPS) is 15.0. The second kappa shape index (κ2) is 7.90. The van der Waals surface area contributed by atoms with Crippen LogP contribution in [0, 0.1) is 6.92 Å². The van der Waals surface area contributed by atoms with Gasteiger partial charge in [-0.05, 0) is 25.5 Å². The number of piperazine rings is 1. The van der Waals surface area contributed by atoms with Crippen LogP contribution in [-0.4, -0.2) is 52.8 Å². The maximum Gasteiger partial charge on any atom is 0.417 e. The van der Waals surface area contributed by atoms with Gasteiger partial charge in [-0.15, -0.1) is 11.3 Å². The van der Waals surface area contributed by atoms with Crippen molar-refractivity contribution in [2.75, 3.05) is 26.2 Å². The summed E-state index contributed by atoms with van der Waals surface area (Å²) in [5.74, 6) is -0.806. The van der Waals surface area contributed by atoms with Gasteiger partial charge < -0.3 is 9.80 Å². The molecule has 0 aliphatic carbocycles. The molecule has 5 nitrogen and oxygen atoms in total. The van der Waals surface area contributed by atoms with Gasteiger partial charge in [-0.25, -0.2) is 4.98 Å². The Morgan fingerprint density at radius 3 is 2.18 bits per heavy atom. The highest BCUT2D eigenvalue weighted by molar-refractivity contribution is 7.13. The van der Waals surface area contributed by atoms with Crippen LogP contribution in [0.15, 0.2) is 24.3 Å². The van der Waals surface area contributed by atoms with Crippen LogP contribution in [0.1, 0.15) is 43.2 Å². The predicted molar refractivity (Wildman–Crippen MR) is 99.5 cm³/mol. The molecule has 2 aromatic rings. The Hall–Kier alpha value is -2.42. The van der Waals surface area contributed by atoms with E-state index in [1.54, 1.807) is 11.8 Å². The molecule has 0 radical (unpaired) electrons. The van der Waals surface area contributed by atoms with Gasteiger partial charge in [0.2, 0.25) is 0 Å². The maximum atomic E-state index is 13.2. The lowest BCUT2D eigenvalue weighted by Gasteiger charge is -2.35. The first-order valence-electron chi connectivity index (χ1n) is 8.93. The quantitative estimate of drug-likeness (QED) is 0.775. The number of thiazole rings is 1. The average molecular weight is 411 g/mol. The fraction of sp³-hybridized carbons (Fsp3) is 0.421. The Morgan fingerprint density at radius 2 is 1.64 bits per heavy atom. The van der Waals surface area contributed by atoms with Crippen molar-refractivity contribution in [3.8, 4) is 0 Å². The van der Waals surface area contributed by atoms with Crippen LogP contribution in [0.4, 0.5) is 13.2 Å². The molecular weight excluding hydrogens is 391 g/mol. The number of hydrogen-bond donors (Lipinski definition) is 0. The number of aryl methyl sites for hydroxylation is 2.